The van der Waals surface area contributed by atoms with Crippen LogP contribution in [0.5, 0.6) is 0 Å². The number of aliphatic hydroxyl groups is 1. The minimum absolute atomic E-state index is 0.375. The van der Waals surface area contributed by atoms with E-state index in [1.165, 1.54) is 32.4 Å². The summed E-state index contributed by atoms with van der Waals surface area (Å²) in [5, 5.41) is 8.95. The second kappa shape index (κ2) is 4.73. The molecule has 1 heterocycles. The van der Waals surface area contributed by atoms with Crippen molar-refractivity contribution in [2.24, 2.45) is 5.92 Å². The predicted octanol–water partition coefficient (Wildman–Crippen LogP) is 1.10. The Hall–Kier alpha value is -0.0800. The van der Waals surface area contributed by atoms with Gasteiger partial charge in [0.25, 0.3) is 0 Å². The molecule has 0 spiro atoms. The topological polar surface area (TPSA) is 23.5 Å². The van der Waals surface area contributed by atoms with Crippen LogP contribution in [0.25, 0.3) is 0 Å². The number of aliphatic hydroxyl groups excluding tert-OH is 1. The Morgan fingerprint density at radius 2 is 2.36 bits per heavy atom. The zero-order chi connectivity index (χ0) is 8.10. The van der Waals surface area contributed by atoms with Crippen LogP contribution >= 0.6 is 0 Å². The fraction of sp³-hybridized carbons (Fsp3) is 1.00. The van der Waals surface area contributed by atoms with E-state index in [1.807, 2.05) is 0 Å². The van der Waals surface area contributed by atoms with Crippen molar-refractivity contribution < 1.29 is 5.11 Å². The van der Waals surface area contributed by atoms with Crippen LogP contribution in [0.4, 0.5) is 0 Å². The van der Waals surface area contributed by atoms with Gasteiger partial charge in [-0.3, -0.25) is 0 Å². The Morgan fingerprint density at radius 1 is 1.55 bits per heavy atom. The van der Waals surface area contributed by atoms with Crippen LogP contribution < -0.4 is 0 Å². The summed E-state index contributed by atoms with van der Waals surface area (Å²) in [6, 6.07) is 0. The summed E-state index contributed by atoms with van der Waals surface area (Å²) in [5.74, 6) is 0.551. The summed E-state index contributed by atoms with van der Waals surface area (Å²) in [6.45, 7) is 6.15. The molecular weight excluding hydrogens is 138 g/mol. The fourth-order valence-electron chi connectivity index (χ4n) is 1.82. The van der Waals surface area contributed by atoms with E-state index in [0.29, 0.717) is 12.5 Å². The SMILES string of the molecule is CCCN1CCC[C@@H](CO)C1. The molecule has 0 bridgehead atoms. The highest BCUT2D eigenvalue weighted by molar-refractivity contribution is 4.71. The molecule has 2 heteroatoms. The van der Waals surface area contributed by atoms with E-state index < -0.39 is 0 Å². The molecule has 0 aliphatic carbocycles. The summed E-state index contributed by atoms with van der Waals surface area (Å²) in [4.78, 5) is 2.46. The van der Waals surface area contributed by atoms with Crippen LogP contribution in [-0.4, -0.2) is 36.2 Å². The lowest BCUT2D eigenvalue weighted by Gasteiger charge is -2.31. The van der Waals surface area contributed by atoms with Gasteiger partial charge in [-0.05, 0) is 38.3 Å². The third kappa shape index (κ3) is 2.80. The van der Waals surface area contributed by atoms with Crippen LogP contribution in [0.3, 0.4) is 0 Å². The number of hydrogen-bond acceptors (Lipinski definition) is 2. The largest absolute Gasteiger partial charge is 0.396 e. The van der Waals surface area contributed by atoms with Gasteiger partial charge in [0, 0.05) is 13.2 Å². The maximum atomic E-state index is 8.95. The first kappa shape index (κ1) is 9.01. The Balaban J connectivity index is 2.21. The molecule has 2 nitrogen and oxygen atoms in total. The second-order valence-corrected chi connectivity index (χ2v) is 3.49. The maximum absolute atomic E-state index is 8.95. The standard InChI is InChI=1S/C9H19NO/c1-2-5-10-6-3-4-9(7-10)8-11/h9,11H,2-8H2,1H3/t9-/m1/s1. The molecule has 1 aliphatic heterocycles. The van der Waals surface area contributed by atoms with Crippen molar-refractivity contribution in [2.75, 3.05) is 26.2 Å². The third-order valence-electron chi connectivity index (χ3n) is 2.40. The molecule has 0 unspecified atom stereocenters. The molecule has 0 radical (unpaired) electrons. The second-order valence-electron chi connectivity index (χ2n) is 3.49. The van der Waals surface area contributed by atoms with Crippen LogP contribution in [0.2, 0.25) is 0 Å². The van der Waals surface area contributed by atoms with Crippen molar-refractivity contribution in [3.63, 3.8) is 0 Å². The minimum Gasteiger partial charge on any atom is -0.396 e. The minimum atomic E-state index is 0.375. The molecule has 0 amide bonds. The van der Waals surface area contributed by atoms with Gasteiger partial charge in [-0.15, -0.1) is 0 Å². The number of piperidine rings is 1. The number of hydrogen-bond donors (Lipinski definition) is 1. The Morgan fingerprint density at radius 3 is 3.00 bits per heavy atom. The molecule has 1 fully saturated rings. The summed E-state index contributed by atoms with van der Waals surface area (Å²) >= 11 is 0. The smallest absolute Gasteiger partial charge is 0.0471 e. The van der Waals surface area contributed by atoms with Gasteiger partial charge >= 0.3 is 0 Å². The predicted molar refractivity (Wildman–Crippen MR) is 46.5 cm³/mol. The maximum Gasteiger partial charge on any atom is 0.0471 e. The van der Waals surface area contributed by atoms with Gasteiger partial charge < -0.3 is 10.0 Å². The Bertz CT molecular complexity index is 104. The lowest BCUT2D eigenvalue weighted by atomic mass is 9.99. The summed E-state index contributed by atoms with van der Waals surface area (Å²) < 4.78 is 0. The van der Waals surface area contributed by atoms with E-state index in [9.17, 15) is 0 Å². The average Bonchev–Trinajstić information content (AvgIpc) is 2.06. The Kier molecular flexibility index (Phi) is 3.87. The van der Waals surface area contributed by atoms with Crippen molar-refractivity contribution in [1.29, 1.82) is 0 Å². The molecular formula is C9H19NO. The highest BCUT2D eigenvalue weighted by Crippen LogP contribution is 2.15. The quantitative estimate of drug-likeness (QED) is 0.663. The number of likely N-dealkylation sites (tertiary alicyclic amines) is 1. The van der Waals surface area contributed by atoms with E-state index in [0.717, 1.165) is 6.54 Å². The lowest BCUT2D eigenvalue weighted by molar-refractivity contribution is 0.121. The first-order valence-electron chi connectivity index (χ1n) is 4.70. The highest BCUT2D eigenvalue weighted by Gasteiger charge is 2.17. The molecule has 0 saturated carbocycles. The molecule has 1 aliphatic rings. The fourth-order valence-corrected chi connectivity index (χ4v) is 1.82. The molecule has 1 N–H and O–H groups in total. The van der Waals surface area contributed by atoms with Crippen molar-refractivity contribution >= 4 is 0 Å². The number of nitrogens with zero attached hydrogens (tertiary/aromatic N) is 1. The summed E-state index contributed by atoms with van der Waals surface area (Å²) in [7, 11) is 0. The molecule has 66 valence electrons. The van der Waals surface area contributed by atoms with Crippen LogP contribution in [0, 0.1) is 5.92 Å². The normalized spacial score (nSPS) is 27.3. The van der Waals surface area contributed by atoms with Crippen molar-refractivity contribution in [2.45, 2.75) is 26.2 Å². The van der Waals surface area contributed by atoms with Crippen LogP contribution in [0.15, 0.2) is 0 Å². The van der Waals surface area contributed by atoms with E-state index in [1.54, 1.807) is 0 Å². The summed E-state index contributed by atoms with van der Waals surface area (Å²) in [5.41, 5.74) is 0. The van der Waals surface area contributed by atoms with Gasteiger partial charge in [0.2, 0.25) is 0 Å². The van der Waals surface area contributed by atoms with E-state index in [-0.39, 0.29) is 0 Å². The zero-order valence-electron chi connectivity index (χ0n) is 7.42. The van der Waals surface area contributed by atoms with Gasteiger partial charge in [-0.1, -0.05) is 6.92 Å². The zero-order valence-corrected chi connectivity index (χ0v) is 7.42. The highest BCUT2D eigenvalue weighted by atomic mass is 16.3. The van der Waals surface area contributed by atoms with Crippen molar-refractivity contribution in [3.8, 4) is 0 Å². The van der Waals surface area contributed by atoms with E-state index >= 15 is 0 Å². The summed E-state index contributed by atoms with van der Waals surface area (Å²) in [6.07, 6.45) is 3.72. The van der Waals surface area contributed by atoms with E-state index in [2.05, 4.69) is 11.8 Å². The monoisotopic (exact) mass is 157 g/mol. The van der Waals surface area contributed by atoms with Crippen LogP contribution in [-0.2, 0) is 0 Å². The molecule has 0 aromatic carbocycles. The Labute approximate surface area is 69.2 Å². The third-order valence-corrected chi connectivity index (χ3v) is 2.40. The van der Waals surface area contributed by atoms with Gasteiger partial charge in [-0.25, -0.2) is 0 Å². The van der Waals surface area contributed by atoms with Gasteiger partial charge in [0.05, 0.1) is 0 Å². The van der Waals surface area contributed by atoms with Gasteiger partial charge in [-0.2, -0.15) is 0 Å². The average molecular weight is 157 g/mol. The molecule has 11 heavy (non-hydrogen) atoms. The van der Waals surface area contributed by atoms with E-state index in [4.69, 9.17) is 5.11 Å². The van der Waals surface area contributed by atoms with Crippen molar-refractivity contribution in [1.82, 2.24) is 4.90 Å². The molecule has 1 atom stereocenters. The lowest BCUT2D eigenvalue weighted by Crippen LogP contribution is -2.37. The van der Waals surface area contributed by atoms with Crippen LogP contribution in [0.1, 0.15) is 26.2 Å². The molecule has 0 aromatic rings. The van der Waals surface area contributed by atoms with Gasteiger partial charge in [0.1, 0.15) is 0 Å². The first-order chi connectivity index (χ1) is 5.36. The first-order valence-corrected chi connectivity index (χ1v) is 4.70. The molecule has 0 aromatic heterocycles. The van der Waals surface area contributed by atoms with Crippen molar-refractivity contribution in [3.05, 3.63) is 0 Å². The van der Waals surface area contributed by atoms with Gasteiger partial charge in [0.15, 0.2) is 0 Å². The number of rotatable bonds is 3. The molecule has 1 saturated heterocycles. The molecule has 1 rings (SSSR count).